The highest BCUT2D eigenvalue weighted by atomic mass is 19.1. The van der Waals surface area contributed by atoms with Crippen LogP contribution < -0.4 is 5.32 Å². The van der Waals surface area contributed by atoms with Gasteiger partial charge in [-0.15, -0.1) is 0 Å². The summed E-state index contributed by atoms with van der Waals surface area (Å²) in [6, 6.07) is 19.8. The summed E-state index contributed by atoms with van der Waals surface area (Å²) in [4.78, 5) is 20.7. The molecule has 2 aromatic carbocycles. The lowest BCUT2D eigenvalue weighted by Gasteiger charge is -2.11. The predicted molar refractivity (Wildman–Crippen MR) is 109 cm³/mol. The minimum atomic E-state index is -1.76. The summed E-state index contributed by atoms with van der Waals surface area (Å²) in [5.74, 6) is -0.698. The number of rotatable bonds is 4. The van der Waals surface area contributed by atoms with Crippen LogP contribution >= 0.6 is 0 Å². The number of pyridine rings is 2. The number of amides is 1. The van der Waals surface area contributed by atoms with E-state index >= 15 is 0 Å². The van der Waals surface area contributed by atoms with Crippen LogP contribution in [0.2, 0.25) is 0 Å². The second-order valence-electron chi connectivity index (χ2n) is 6.57. The van der Waals surface area contributed by atoms with Crippen molar-refractivity contribution in [3.8, 4) is 11.1 Å². The summed E-state index contributed by atoms with van der Waals surface area (Å²) in [5, 5.41) is 3.43. The van der Waals surface area contributed by atoms with Crippen LogP contribution in [0.15, 0.2) is 79.1 Å². The van der Waals surface area contributed by atoms with Crippen molar-refractivity contribution in [2.45, 2.75) is 13.1 Å². The van der Waals surface area contributed by atoms with Gasteiger partial charge in [0, 0.05) is 29.2 Å². The maximum Gasteiger partial charge on any atom is 0.263 e. The molecule has 4 rings (SSSR count). The fourth-order valence-corrected chi connectivity index (χ4v) is 3.08. The van der Waals surface area contributed by atoms with Crippen LogP contribution in [0.1, 0.15) is 17.4 Å². The molecule has 0 aliphatic heterocycles. The molecule has 1 atom stereocenters. The first-order valence-corrected chi connectivity index (χ1v) is 8.93. The Bertz CT molecular complexity index is 1140. The molecule has 0 unspecified atom stereocenters. The van der Waals surface area contributed by atoms with Gasteiger partial charge < -0.3 is 5.32 Å². The maximum absolute atomic E-state index is 14.7. The van der Waals surface area contributed by atoms with Crippen molar-refractivity contribution < 1.29 is 9.18 Å². The monoisotopic (exact) mass is 371 g/mol. The van der Waals surface area contributed by atoms with Crippen molar-refractivity contribution in [2.24, 2.45) is 0 Å². The molecule has 0 saturated carbocycles. The topological polar surface area (TPSA) is 54.9 Å². The number of anilines is 1. The van der Waals surface area contributed by atoms with Gasteiger partial charge in [0.25, 0.3) is 5.91 Å². The Morgan fingerprint density at radius 2 is 1.75 bits per heavy atom. The first kappa shape index (κ1) is 17.8. The summed E-state index contributed by atoms with van der Waals surface area (Å²) < 4.78 is 14.7. The zero-order valence-electron chi connectivity index (χ0n) is 15.3. The summed E-state index contributed by atoms with van der Waals surface area (Å²) in [5.41, 5.74) is 4.59. The van der Waals surface area contributed by atoms with E-state index in [4.69, 9.17) is 0 Å². The van der Waals surface area contributed by atoms with E-state index in [1.54, 1.807) is 48.8 Å². The predicted octanol–water partition coefficient (Wildman–Crippen LogP) is 5.25. The number of fused-ring (bicyclic) bond motifs is 1. The van der Waals surface area contributed by atoms with Gasteiger partial charge in [0.05, 0.1) is 5.52 Å². The van der Waals surface area contributed by atoms with Gasteiger partial charge in [-0.1, -0.05) is 24.3 Å². The Balaban J connectivity index is 1.49. The van der Waals surface area contributed by atoms with E-state index in [9.17, 15) is 9.18 Å². The largest absolute Gasteiger partial charge is 0.323 e. The van der Waals surface area contributed by atoms with Gasteiger partial charge in [-0.25, -0.2) is 4.39 Å². The molecule has 0 aliphatic carbocycles. The molecule has 1 amide bonds. The molecule has 0 bridgehead atoms. The summed E-state index contributed by atoms with van der Waals surface area (Å²) in [6.07, 6.45) is 1.68. The van der Waals surface area contributed by atoms with Gasteiger partial charge >= 0.3 is 0 Å². The molecule has 4 nitrogen and oxygen atoms in total. The maximum atomic E-state index is 14.7. The molecule has 2 aromatic heterocycles. The SMILES string of the molecule is Cc1cc(-c2ccc(NC(=O)[C@H](F)c3ccc4ncccc4c3)cc2)ccn1. The lowest BCUT2D eigenvalue weighted by Crippen LogP contribution is -2.17. The van der Waals surface area contributed by atoms with Crippen molar-refractivity contribution in [1.82, 2.24) is 9.97 Å². The van der Waals surface area contributed by atoms with Crippen LogP contribution in [0.4, 0.5) is 10.1 Å². The van der Waals surface area contributed by atoms with Gasteiger partial charge in [0.1, 0.15) is 0 Å². The summed E-state index contributed by atoms with van der Waals surface area (Å²) >= 11 is 0. The minimum Gasteiger partial charge on any atom is -0.323 e. The smallest absolute Gasteiger partial charge is 0.263 e. The van der Waals surface area contributed by atoms with E-state index in [1.165, 1.54) is 0 Å². The van der Waals surface area contributed by atoms with Crippen LogP contribution in [0, 0.1) is 6.92 Å². The van der Waals surface area contributed by atoms with E-state index in [1.807, 2.05) is 37.3 Å². The Morgan fingerprint density at radius 3 is 2.54 bits per heavy atom. The highest BCUT2D eigenvalue weighted by Gasteiger charge is 2.20. The Kier molecular flexibility index (Phi) is 4.81. The van der Waals surface area contributed by atoms with Crippen molar-refractivity contribution in [1.29, 1.82) is 0 Å². The number of carbonyl (C=O) groups is 1. The first-order valence-electron chi connectivity index (χ1n) is 8.93. The standard InChI is InChI=1S/C23H18FN3O/c1-15-13-17(10-12-25-15)16-4-7-20(8-5-16)27-23(28)22(24)19-6-9-21-18(14-19)3-2-11-26-21/h2-14,22H,1H3,(H,27,28)/t22-/m1/s1. The summed E-state index contributed by atoms with van der Waals surface area (Å²) in [7, 11) is 0. The number of carbonyl (C=O) groups excluding carboxylic acids is 1. The van der Waals surface area contributed by atoms with E-state index in [0.29, 0.717) is 11.3 Å². The molecule has 0 spiro atoms. The third kappa shape index (κ3) is 3.74. The number of aromatic nitrogens is 2. The van der Waals surface area contributed by atoms with Gasteiger partial charge in [-0.3, -0.25) is 14.8 Å². The number of hydrogen-bond acceptors (Lipinski definition) is 3. The van der Waals surface area contributed by atoms with E-state index < -0.39 is 12.1 Å². The molecule has 5 heteroatoms. The van der Waals surface area contributed by atoms with Gasteiger partial charge in [0.15, 0.2) is 0 Å². The van der Waals surface area contributed by atoms with E-state index in [0.717, 1.165) is 27.7 Å². The number of benzene rings is 2. The average molecular weight is 371 g/mol. The van der Waals surface area contributed by atoms with E-state index in [2.05, 4.69) is 15.3 Å². The highest BCUT2D eigenvalue weighted by Crippen LogP contribution is 2.25. The minimum absolute atomic E-state index is 0.307. The summed E-state index contributed by atoms with van der Waals surface area (Å²) in [6.45, 7) is 1.93. The molecule has 28 heavy (non-hydrogen) atoms. The van der Waals surface area contributed by atoms with Crippen molar-refractivity contribution in [3.05, 3.63) is 90.4 Å². The van der Waals surface area contributed by atoms with Crippen molar-refractivity contribution >= 4 is 22.5 Å². The number of halogens is 1. The molecule has 0 fully saturated rings. The highest BCUT2D eigenvalue weighted by molar-refractivity contribution is 5.95. The zero-order valence-corrected chi connectivity index (χ0v) is 15.3. The number of nitrogens with one attached hydrogen (secondary N) is 1. The van der Waals surface area contributed by atoms with Crippen LogP contribution in [0.25, 0.3) is 22.0 Å². The lowest BCUT2D eigenvalue weighted by atomic mass is 10.1. The number of hydrogen-bond donors (Lipinski definition) is 1. The first-order chi connectivity index (χ1) is 13.6. The second-order valence-corrected chi connectivity index (χ2v) is 6.57. The molecule has 0 saturated heterocycles. The quantitative estimate of drug-likeness (QED) is 0.533. The molecular weight excluding hydrogens is 353 g/mol. The molecule has 138 valence electrons. The van der Waals surface area contributed by atoms with Crippen molar-refractivity contribution in [2.75, 3.05) is 5.32 Å². The van der Waals surface area contributed by atoms with Gasteiger partial charge in [0.2, 0.25) is 6.17 Å². The second kappa shape index (κ2) is 7.56. The van der Waals surface area contributed by atoms with Crippen LogP contribution in [-0.2, 0) is 4.79 Å². The fourth-order valence-electron chi connectivity index (χ4n) is 3.08. The van der Waals surface area contributed by atoms with Gasteiger partial charge in [-0.05, 0) is 66.1 Å². The van der Waals surface area contributed by atoms with E-state index in [-0.39, 0.29) is 0 Å². The molecule has 2 heterocycles. The Morgan fingerprint density at radius 1 is 0.929 bits per heavy atom. The molecule has 0 aliphatic rings. The zero-order chi connectivity index (χ0) is 19.5. The van der Waals surface area contributed by atoms with Crippen LogP contribution in [-0.4, -0.2) is 15.9 Å². The fraction of sp³-hybridized carbons (Fsp3) is 0.0870. The molecular formula is C23H18FN3O. The number of aryl methyl sites for hydroxylation is 1. The normalized spacial score (nSPS) is 11.9. The van der Waals surface area contributed by atoms with Crippen LogP contribution in [0.5, 0.6) is 0 Å². The molecule has 0 radical (unpaired) electrons. The lowest BCUT2D eigenvalue weighted by molar-refractivity contribution is -0.121. The third-order valence-electron chi connectivity index (χ3n) is 4.53. The molecule has 1 N–H and O–H groups in total. The van der Waals surface area contributed by atoms with Crippen LogP contribution in [0.3, 0.4) is 0 Å². The average Bonchev–Trinajstić information content (AvgIpc) is 2.73. The van der Waals surface area contributed by atoms with Crippen molar-refractivity contribution in [3.63, 3.8) is 0 Å². The Hall–Kier alpha value is -3.60. The molecule has 4 aromatic rings. The Labute approximate surface area is 162 Å². The van der Waals surface area contributed by atoms with Gasteiger partial charge in [-0.2, -0.15) is 0 Å². The number of alkyl halides is 1. The third-order valence-corrected chi connectivity index (χ3v) is 4.53. The number of nitrogens with zero attached hydrogens (tertiary/aromatic N) is 2.